The molecule has 3 rings (SSSR count). The number of aryl methyl sites for hydroxylation is 2. The van der Waals surface area contributed by atoms with Gasteiger partial charge in [0.05, 0.1) is 11.3 Å². The third-order valence-electron chi connectivity index (χ3n) is 3.48. The first-order valence-electron chi connectivity index (χ1n) is 7.02. The first-order valence-corrected chi connectivity index (χ1v) is 7.02. The summed E-state index contributed by atoms with van der Waals surface area (Å²) >= 11 is 0. The molecule has 0 radical (unpaired) electrons. The third kappa shape index (κ3) is 2.65. The molecule has 3 aromatic rings. The number of anilines is 1. The van der Waals surface area contributed by atoms with Crippen LogP contribution in [-0.2, 0) is 6.42 Å². The molecule has 1 amide bonds. The number of carbonyl (C=O) groups excluding carboxylic acids is 1. The van der Waals surface area contributed by atoms with Crippen molar-refractivity contribution in [1.29, 1.82) is 0 Å². The van der Waals surface area contributed by atoms with E-state index in [1.807, 2.05) is 47.9 Å². The third-order valence-corrected chi connectivity index (χ3v) is 3.48. The van der Waals surface area contributed by atoms with Crippen molar-refractivity contribution in [1.82, 2.24) is 9.38 Å². The number of fused-ring (bicyclic) bond motifs is 1. The van der Waals surface area contributed by atoms with E-state index in [9.17, 15) is 4.79 Å². The molecule has 0 bridgehead atoms. The Morgan fingerprint density at radius 2 is 2.00 bits per heavy atom. The Bertz CT molecular complexity index is 805. The molecule has 0 aliphatic rings. The molecule has 4 nitrogen and oxygen atoms in total. The number of nitrogens with one attached hydrogen (secondary N) is 1. The molecule has 0 aliphatic carbocycles. The van der Waals surface area contributed by atoms with Crippen molar-refractivity contribution >= 4 is 17.2 Å². The van der Waals surface area contributed by atoms with Gasteiger partial charge in [-0.3, -0.25) is 4.79 Å². The zero-order valence-electron chi connectivity index (χ0n) is 12.1. The van der Waals surface area contributed by atoms with Crippen LogP contribution in [0.4, 0.5) is 5.69 Å². The van der Waals surface area contributed by atoms with Gasteiger partial charge in [0.15, 0.2) is 0 Å². The minimum Gasteiger partial charge on any atom is -0.322 e. The van der Waals surface area contributed by atoms with E-state index in [1.165, 1.54) is 0 Å². The van der Waals surface area contributed by atoms with Crippen molar-refractivity contribution in [2.75, 3.05) is 5.32 Å². The van der Waals surface area contributed by atoms with E-state index in [1.54, 1.807) is 12.3 Å². The van der Waals surface area contributed by atoms with Crippen LogP contribution in [-0.4, -0.2) is 15.3 Å². The Kier molecular flexibility index (Phi) is 3.44. The number of benzene rings is 1. The number of hydrogen-bond acceptors (Lipinski definition) is 2. The number of imidazole rings is 1. The van der Waals surface area contributed by atoms with E-state index in [-0.39, 0.29) is 5.91 Å². The fourth-order valence-electron chi connectivity index (χ4n) is 2.40. The number of rotatable bonds is 3. The number of amides is 1. The Labute approximate surface area is 123 Å². The van der Waals surface area contributed by atoms with Gasteiger partial charge >= 0.3 is 0 Å². The minimum atomic E-state index is -0.107. The van der Waals surface area contributed by atoms with Crippen LogP contribution in [0.25, 0.3) is 5.65 Å². The average Bonchev–Trinajstić information content (AvgIpc) is 2.86. The molecular formula is C17H17N3O. The highest BCUT2D eigenvalue weighted by atomic mass is 16.1. The van der Waals surface area contributed by atoms with E-state index in [2.05, 4.69) is 17.2 Å². The maximum absolute atomic E-state index is 12.4. The van der Waals surface area contributed by atoms with Gasteiger partial charge in [-0.2, -0.15) is 0 Å². The largest absolute Gasteiger partial charge is 0.322 e. The van der Waals surface area contributed by atoms with Gasteiger partial charge in [0.2, 0.25) is 0 Å². The molecule has 0 aliphatic heterocycles. The van der Waals surface area contributed by atoms with E-state index >= 15 is 0 Å². The van der Waals surface area contributed by atoms with Gasteiger partial charge < -0.3 is 9.72 Å². The summed E-state index contributed by atoms with van der Waals surface area (Å²) in [6, 6.07) is 11.5. The SMILES string of the molecule is CCc1ccccc1NC(=O)c1ccc2nc(C)cn2c1. The number of aromatic nitrogens is 2. The van der Waals surface area contributed by atoms with Crippen molar-refractivity contribution in [2.45, 2.75) is 20.3 Å². The second kappa shape index (κ2) is 5.40. The molecule has 0 atom stereocenters. The molecule has 106 valence electrons. The first-order chi connectivity index (χ1) is 10.2. The number of carbonyl (C=O) groups is 1. The zero-order valence-corrected chi connectivity index (χ0v) is 12.1. The normalized spacial score (nSPS) is 10.8. The van der Waals surface area contributed by atoms with Crippen LogP contribution in [0.15, 0.2) is 48.8 Å². The summed E-state index contributed by atoms with van der Waals surface area (Å²) in [5, 5.41) is 2.98. The number of pyridine rings is 1. The van der Waals surface area contributed by atoms with Crippen LogP contribution in [0.3, 0.4) is 0 Å². The fourth-order valence-corrected chi connectivity index (χ4v) is 2.40. The fraction of sp³-hybridized carbons (Fsp3) is 0.176. The van der Waals surface area contributed by atoms with Gasteiger partial charge in [0, 0.05) is 18.1 Å². The average molecular weight is 279 g/mol. The second-order valence-electron chi connectivity index (χ2n) is 5.03. The predicted molar refractivity (Wildman–Crippen MR) is 83.7 cm³/mol. The summed E-state index contributed by atoms with van der Waals surface area (Å²) in [5.74, 6) is -0.107. The summed E-state index contributed by atoms with van der Waals surface area (Å²) in [5.41, 5.74) is 4.39. The highest BCUT2D eigenvalue weighted by Crippen LogP contribution is 2.17. The molecule has 1 N–H and O–H groups in total. The quantitative estimate of drug-likeness (QED) is 0.798. The van der Waals surface area contributed by atoms with Crippen molar-refractivity contribution in [3.05, 3.63) is 65.6 Å². The Hall–Kier alpha value is -2.62. The molecule has 0 unspecified atom stereocenters. The van der Waals surface area contributed by atoms with Gasteiger partial charge in [-0.05, 0) is 37.1 Å². The predicted octanol–water partition coefficient (Wildman–Crippen LogP) is 3.46. The van der Waals surface area contributed by atoms with Gasteiger partial charge in [-0.1, -0.05) is 25.1 Å². The van der Waals surface area contributed by atoms with E-state index in [0.29, 0.717) is 5.56 Å². The summed E-state index contributed by atoms with van der Waals surface area (Å²) in [6.07, 6.45) is 4.60. The van der Waals surface area contributed by atoms with E-state index in [4.69, 9.17) is 0 Å². The summed E-state index contributed by atoms with van der Waals surface area (Å²) < 4.78 is 1.87. The lowest BCUT2D eigenvalue weighted by Gasteiger charge is -2.09. The maximum atomic E-state index is 12.4. The monoisotopic (exact) mass is 279 g/mol. The van der Waals surface area contributed by atoms with Crippen LogP contribution in [0, 0.1) is 6.92 Å². The lowest BCUT2D eigenvalue weighted by molar-refractivity contribution is 0.102. The second-order valence-corrected chi connectivity index (χ2v) is 5.03. The molecule has 2 heterocycles. The summed E-state index contributed by atoms with van der Waals surface area (Å²) in [7, 11) is 0. The smallest absolute Gasteiger partial charge is 0.257 e. The summed E-state index contributed by atoms with van der Waals surface area (Å²) in [6.45, 7) is 4.01. The van der Waals surface area contributed by atoms with Crippen LogP contribution >= 0.6 is 0 Å². The lowest BCUT2D eigenvalue weighted by atomic mass is 10.1. The lowest BCUT2D eigenvalue weighted by Crippen LogP contribution is -2.13. The minimum absolute atomic E-state index is 0.107. The molecule has 0 saturated heterocycles. The van der Waals surface area contributed by atoms with Gasteiger partial charge in [0.25, 0.3) is 5.91 Å². The zero-order chi connectivity index (χ0) is 14.8. The highest BCUT2D eigenvalue weighted by molar-refractivity contribution is 6.04. The molecule has 0 saturated carbocycles. The van der Waals surface area contributed by atoms with Gasteiger partial charge in [0.1, 0.15) is 5.65 Å². The van der Waals surface area contributed by atoms with Crippen molar-refractivity contribution < 1.29 is 4.79 Å². The topological polar surface area (TPSA) is 46.4 Å². The van der Waals surface area contributed by atoms with Crippen molar-refractivity contribution in [2.24, 2.45) is 0 Å². The molecule has 21 heavy (non-hydrogen) atoms. The van der Waals surface area contributed by atoms with Crippen molar-refractivity contribution in [3.8, 4) is 0 Å². The van der Waals surface area contributed by atoms with Crippen molar-refractivity contribution in [3.63, 3.8) is 0 Å². The number of hydrogen-bond donors (Lipinski definition) is 1. The van der Waals surface area contributed by atoms with Gasteiger partial charge in [-0.25, -0.2) is 4.98 Å². The van der Waals surface area contributed by atoms with Crippen LogP contribution in [0.1, 0.15) is 28.5 Å². The van der Waals surface area contributed by atoms with E-state index < -0.39 is 0 Å². The molecular weight excluding hydrogens is 262 g/mol. The van der Waals surface area contributed by atoms with Gasteiger partial charge in [-0.15, -0.1) is 0 Å². The Balaban J connectivity index is 1.89. The molecule has 4 heteroatoms. The molecule has 0 spiro atoms. The van der Waals surface area contributed by atoms with Crippen LogP contribution in [0.5, 0.6) is 0 Å². The first kappa shape index (κ1) is 13.4. The maximum Gasteiger partial charge on any atom is 0.257 e. The molecule has 0 fully saturated rings. The Morgan fingerprint density at radius 3 is 2.81 bits per heavy atom. The van der Waals surface area contributed by atoms with E-state index in [0.717, 1.165) is 29.0 Å². The summed E-state index contributed by atoms with van der Waals surface area (Å²) in [4.78, 5) is 16.7. The number of para-hydroxylation sites is 1. The standard InChI is InChI=1S/C17H17N3O/c1-3-13-6-4-5-7-15(13)19-17(21)14-8-9-16-18-12(2)10-20(16)11-14/h4-11H,3H2,1-2H3,(H,19,21). The highest BCUT2D eigenvalue weighted by Gasteiger charge is 2.09. The van der Waals surface area contributed by atoms with Crippen LogP contribution < -0.4 is 5.32 Å². The number of nitrogens with zero attached hydrogens (tertiary/aromatic N) is 2. The molecule has 1 aromatic carbocycles. The Morgan fingerprint density at radius 1 is 1.19 bits per heavy atom. The van der Waals surface area contributed by atoms with Crippen LogP contribution in [0.2, 0.25) is 0 Å². The molecule has 2 aromatic heterocycles.